The molecular formula is C14H10ClNO4. The number of carbonyl (C=O) groups is 1. The van der Waals surface area contributed by atoms with E-state index in [4.69, 9.17) is 16.3 Å². The molecule has 0 amide bonds. The van der Waals surface area contributed by atoms with Crippen LogP contribution in [0.3, 0.4) is 0 Å². The number of nitro benzene ring substituents is 1. The monoisotopic (exact) mass is 291 g/mol. The first-order chi connectivity index (χ1) is 9.51. The molecule has 0 heterocycles. The highest BCUT2D eigenvalue weighted by Crippen LogP contribution is 2.30. The van der Waals surface area contributed by atoms with E-state index in [1.54, 1.807) is 19.1 Å². The zero-order valence-corrected chi connectivity index (χ0v) is 11.3. The molecule has 0 aliphatic heterocycles. The van der Waals surface area contributed by atoms with Crippen LogP contribution in [0.25, 0.3) is 0 Å². The fourth-order valence-electron chi connectivity index (χ4n) is 1.66. The lowest BCUT2D eigenvalue weighted by Crippen LogP contribution is -1.92. The highest BCUT2D eigenvalue weighted by molar-refractivity contribution is 6.33. The van der Waals surface area contributed by atoms with Crippen LogP contribution in [-0.2, 0) is 0 Å². The Labute approximate surface area is 119 Å². The number of carbonyl (C=O) groups excluding carboxylic acids is 1. The average Bonchev–Trinajstić information content (AvgIpc) is 2.41. The lowest BCUT2D eigenvalue weighted by Gasteiger charge is -2.09. The van der Waals surface area contributed by atoms with Crippen molar-refractivity contribution >= 4 is 23.6 Å². The Morgan fingerprint density at radius 1 is 1.25 bits per heavy atom. The predicted octanol–water partition coefficient (Wildman–Crippen LogP) is 4.16. The normalized spacial score (nSPS) is 10.1. The van der Waals surface area contributed by atoms with Gasteiger partial charge in [0.05, 0.1) is 9.95 Å². The Kier molecular flexibility index (Phi) is 4.00. The van der Waals surface area contributed by atoms with Gasteiger partial charge in [0.1, 0.15) is 11.5 Å². The SMILES string of the molecule is Cc1cc([N+](=O)[O-])ccc1Oc1ccc(C=O)c(Cl)c1. The number of nitro groups is 1. The first kappa shape index (κ1) is 14.0. The number of ether oxygens (including phenoxy) is 1. The third-order valence-corrected chi connectivity index (χ3v) is 3.02. The number of halogens is 1. The standard InChI is InChI=1S/C14H10ClNO4/c1-9-6-11(16(18)19)3-5-14(9)20-12-4-2-10(8-17)13(15)7-12/h2-8H,1H3. The summed E-state index contributed by atoms with van der Waals surface area (Å²) in [5.41, 5.74) is 1.01. The van der Waals surface area contributed by atoms with E-state index in [9.17, 15) is 14.9 Å². The van der Waals surface area contributed by atoms with Gasteiger partial charge in [0.15, 0.2) is 6.29 Å². The minimum Gasteiger partial charge on any atom is -0.457 e. The molecule has 0 fully saturated rings. The summed E-state index contributed by atoms with van der Waals surface area (Å²) in [6.07, 6.45) is 0.656. The maximum Gasteiger partial charge on any atom is 0.269 e. The van der Waals surface area contributed by atoms with E-state index in [0.717, 1.165) is 0 Å². The predicted molar refractivity (Wildman–Crippen MR) is 74.7 cm³/mol. The van der Waals surface area contributed by atoms with Crippen LogP contribution in [0, 0.1) is 17.0 Å². The van der Waals surface area contributed by atoms with Crippen molar-refractivity contribution in [2.75, 3.05) is 0 Å². The maximum atomic E-state index is 10.7. The molecule has 0 aliphatic rings. The Morgan fingerprint density at radius 2 is 2.00 bits per heavy atom. The molecule has 0 atom stereocenters. The van der Waals surface area contributed by atoms with Gasteiger partial charge >= 0.3 is 0 Å². The van der Waals surface area contributed by atoms with Gasteiger partial charge in [-0.05, 0) is 30.7 Å². The molecule has 0 saturated heterocycles. The van der Waals surface area contributed by atoms with Crippen LogP contribution in [0.4, 0.5) is 5.69 Å². The molecule has 20 heavy (non-hydrogen) atoms. The number of rotatable bonds is 4. The number of aryl methyl sites for hydroxylation is 1. The molecule has 2 rings (SSSR count). The third kappa shape index (κ3) is 2.95. The van der Waals surface area contributed by atoms with Crippen LogP contribution in [0.2, 0.25) is 5.02 Å². The Morgan fingerprint density at radius 3 is 2.55 bits per heavy atom. The van der Waals surface area contributed by atoms with Crippen molar-refractivity contribution < 1.29 is 14.5 Å². The van der Waals surface area contributed by atoms with E-state index in [-0.39, 0.29) is 10.7 Å². The number of non-ortho nitro benzene ring substituents is 1. The number of aldehydes is 1. The van der Waals surface area contributed by atoms with Crippen LogP contribution in [0.15, 0.2) is 36.4 Å². The molecule has 0 spiro atoms. The highest BCUT2D eigenvalue weighted by Gasteiger charge is 2.10. The van der Waals surface area contributed by atoms with Gasteiger partial charge in [-0.1, -0.05) is 11.6 Å². The van der Waals surface area contributed by atoms with Gasteiger partial charge in [0, 0.05) is 23.8 Å². The molecule has 0 N–H and O–H groups in total. The van der Waals surface area contributed by atoms with Crippen molar-refractivity contribution in [3.63, 3.8) is 0 Å². The van der Waals surface area contributed by atoms with Crippen LogP contribution >= 0.6 is 11.6 Å². The summed E-state index contributed by atoms with van der Waals surface area (Å²) >= 11 is 5.90. The van der Waals surface area contributed by atoms with Crippen molar-refractivity contribution in [1.29, 1.82) is 0 Å². The number of nitrogens with zero attached hydrogens (tertiary/aromatic N) is 1. The minimum absolute atomic E-state index is 0.00388. The smallest absolute Gasteiger partial charge is 0.269 e. The second-order valence-electron chi connectivity index (χ2n) is 4.11. The quantitative estimate of drug-likeness (QED) is 0.482. The Bertz CT molecular complexity index is 685. The van der Waals surface area contributed by atoms with Crippen molar-refractivity contribution in [2.24, 2.45) is 0 Å². The molecule has 102 valence electrons. The fourth-order valence-corrected chi connectivity index (χ4v) is 1.87. The summed E-state index contributed by atoms with van der Waals surface area (Å²) in [5, 5.41) is 10.9. The van der Waals surface area contributed by atoms with E-state index < -0.39 is 4.92 Å². The summed E-state index contributed by atoms with van der Waals surface area (Å²) < 4.78 is 5.60. The lowest BCUT2D eigenvalue weighted by atomic mass is 10.2. The summed E-state index contributed by atoms with van der Waals surface area (Å²) in [7, 11) is 0. The van der Waals surface area contributed by atoms with Crippen molar-refractivity contribution in [3.8, 4) is 11.5 Å². The van der Waals surface area contributed by atoms with Crippen LogP contribution in [-0.4, -0.2) is 11.2 Å². The van der Waals surface area contributed by atoms with Crippen molar-refractivity contribution in [2.45, 2.75) is 6.92 Å². The summed E-state index contributed by atoms with van der Waals surface area (Å²) in [6, 6.07) is 8.99. The summed E-state index contributed by atoms with van der Waals surface area (Å²) in [6.45, 7) is 1.71. The molecule has 0 radical (unpaired) electrons. The zero-order valence-electron chi connectivity index (χ0n) is 10.5. The molecule has 6 heteroatoms. The van der Waals surface area contributed by atoms with Gasteiger partial charge in [0.25, 0.3) is 5.69 Å². The molecular weight excluding hydrogens is 282 g/mol. The number of hydrogen-bond acceptors (Lipinski definition) is 4. The van der Waals surface area contributed by atoms with Gasteiger partial charge in [-0.15, -0.1) is 0 Å². The van der Waals surface area contributed by atoms with E-state index in [2.05, 4.69) is 0 Å². The van der Waals surface area contributed by atoms with Crippen LogP contribution in [0.1, 0.15) is 15.9 Å². The molecule has 0 unspecified atom stereocenters. The van der Waals surface area contributed by atoms with Crippen molar-refractivity contribution in [1.82, 2.24) is 0 Å². The van der Waals surface area contributed by atoms with Gasteiger partial charge in [-0.2, -0.15) is 0 Å². The first-order valence-corrected chi connectivity index (χ1v) is 6.06. The third-order valence-electron chi connectivity index (χ3n) is 2.70. The second-order valence-corrected chi connectivity index (χ2v) is 4.52. The van der Waals surface area contributed by atoms with E-state index in [1.165, 1.54) is 24.3 Å². The average molecular weight is 292 g/mol. The lowest BCUT2D eigenvalue weighted by molar-refractivity contribution is -0.384. The number of benzene rings is 2. The first-order valence-electron chi connectivity index (χ1n) is 5.69. The van der Waals surface area contributed by atoms with Crippen LogP contribution in [0.5, 0.6) is 11.5 Å². The molecule has 2 aromatic rings. The van der Waals surface area contributed by atoms with E-state index in [0.29, 0.717) is 28.9 Å². The maximum absolute atomic E-state index is 10.7. The zero-order chi connectivity index (χ0) is 14.7. The molecule has 0 aliphatic carbocycles. The molecule has 5 nitrogen and oxygen atoms in total. The molecule has 0 aromatic heterocycles. The van der Waals surface area contributed by atoms with Gasteiger partial charge < -0.3 is 4.74 Å². The molecule has 0 saturated carbocycles. The van der Waals surface area contributed by atoms with Gasteiger partial charge in [0.2, 0.25) is 0 Å². The Balaban J connectivity index is 2.28. The van der Waals surface area contributed by atoms with Gasteiger partial charge in [-0.25, -0.2) is 0 Å². The summed E-state index contributed by atoms with van der Waals surface area (Å²) in [4.78, 5) is 20.8. The fraction of sp³-hybridized carbons (Fsp3) is 0.0714. The Hall–Kier alpha value is -2.40. The van der Waals surface area contributed by atoms with E-state index >= 15 is 0 Å². The van der Waals surface area contributed by atoms with Gasteiger partial charge in [-0.3, -0.25) is 14.9 Å². The largest absolute Gasteiger partial charge is 0.457 e. The molecule has 2 aromatic carbocycles. The minimum atomic E-state index is -0.466. The van der Waals surface area contributed by atoms with Crippen LogP contribution < -0.4 is 4.74 Å². The number of hydrogen-bond donors (Lipinski definition) is 0. The topological polar surface area (TPSA) is 69.4 Å². The highest BCUT2D eigenvalue weighted by atomic mass is 35.5. The van der Waals surface area contributed by atoms with E-state index in [1.807, 2.05) is 0 Å². The van der Waals surface area contributed by atoms with Crippen molar-refractivity contribution in [3.05, 3.63) is 62.7 Å². The summed E-state index contributed by atoms with van der Waals surface area (Å²) in [5.74, 6) is 0.947. The molecule has 0 bridgehead atoms. The second kappa shape index (κ2) is 5.71.